The number of carbonyl (C=O) groups is 1. The number of halogens is 1. The van der Waals surface area contributed by atoms with Crippen LogP contribution in [0.15, 0.2) is 4.47 Å². The predicted octanol–water partition coefficient (Wildman–Crippen LogP) is 1.73. The molecule has 0 aromatic carbocycles. The average Bonchev–Trinajstić information content (AvgIpc) is 2.71. The molecular formula is C12H19BrN4O. The quantitative estimate of drug-likeness (QED) is 0.874. The smallest absolute Gasteiger partial charge is 0.275 e. The molecular weight excluding hydrogens is 296 g/mol. The fourth-order valence-electron chi connectivity index (χ4n) is 2.14. The van der Waals surface area contributed by atoms with Crippen LogP contribution in [0.3, 0.4) is 0 Å². The standard InChI is InChI=1S/C12H19BrN4O/c1-7(2)10-9(13)11(16-15-10)12(18)17-5-4-14-6-8(17)3/h7-8,14H,4-6H2,1-3H3,(H,15,16). The molecule has 1 aromatic rings. The van der Waals surface area contributed by atoms with Gasteiger partial charge in [-0.15, -0.1) is 0 Å². The molecule has 0 bridgehead atoms. The SMILES string of the molecule is CC(C)c1[nH]nc(C(=O)N2CCNCC2C)c1Br. The van der Waals surface area contributed by atoms with E-state index in [0.29, 0.717) is 11.6 Å². The summed E-state index contributed by atoms with van der Waals surface area (Å²) in [6, 6.07) is 0.206. The predicted molar refractivity (Wildman–Crippen MR) is 73.7 cm³/mol. The number of aromatic nitrogens is 2. The highest BCUT2D eigenvalue weighted by atomic mass is 79.9. The topological polar surface area (TPSA) is 61.0 Å². The highest BCUT2D eigenvalue weighted by Gasteiger charge is 2.28. The van der Waals surface area contributed by atoms with Crippen molar-refractivity contribution in [3.8, 4) is 0 Å². The Balaban J connectivity index is 2.23. The minimum absolute atomic E-state index is 0.000903. The van der Waals surface area contributed by atoms with E-state index in [9.17, 15) is 4.79 Å². The van der Waals surface area contributed by atoms with Gasteiger partial charge in [-0.05, 0) is 28.8 Å². The Bertz CT molecular complexity index is 443. The third-order valence-corrected chi connectivity index (χ3v) is 4.08. The van der Waals surface area contributed by atoms with Crippen molar-refractivity contribution >= 4 is 21.8 Å². The molecule has 1 aliphatic rings. The molecule has 1 fully saturated rings. The molecule has 2 N–H and O–H groups in total. The van der Waals surface area contributed by atoms with E-state index in [1.807, 2.05) is 11.8 Å². The molecule has 1 aliphatic heterocycles. The third kappa shape index (κ3) is 2.44. The molecule has 0 radical (unpaired) electrons. The van der Waals surface area contributed by atoms with Crippen LogP contribution in [0.1, 0.15) is 42.9 Å². The molecule has 0 aliphatic carbocycles. The van der Waals surface area contributed by atoms with Gasteiger partial charge >= 0.3 is 0 Å². The van der Waals surface area contributed by atoms with Crippen LogP contribution < -0.4 is 5.32 Å². The van der Waals surface area contributed by atoms with Gasteiger partial charge in [0.2, 0.25) is 0 Å². The van der Waals surface area contributed by atoms with Crippen LogP contribution in [-0.2, 0) is 0 Å². The molecule has 100 valence electrons. The molecule has 1 unspecified atom stereocenters. The van der Waals surface area contributed by atoms with Crippen LogP contribution in [0.25, 0.3) is 0 Å². The number of nitrogens with zero attached hydrogens (tertiary/aromatic N) is 2. The number of amides is 1. The molecule has 18 heavy (non-hydrogen) atoms. The zero-order valence-corrected chi connectivity index (χ0v) is 12.5. The van der Waals surface area contributed by atoms with Crippen molar-refractivity contribution in [2.24, 2.45) is 0 Å². The van der Waals surface area contributed by atoms with E-state index in [0.717, 1.165) is 29.8 Å². The second kappa shape index (κ2) is 5.40. The maximum absolute atomic E-state index is 12.5. The van der Waals surface area contributed by atoms with Gasteiger partial charge in [-0.2, -0.15) is 5.10 Å². The summed E-state index contributed by atoms with van der Waals surface area (Å²) in [6.45, 7) is 8.60. The van der Waals surface area contributed by atoms with Crippen molar-refractivity contribution in [3.63, 3.8) is 0 Å². The lowest BCUT2D eigenvalue weighted by Gasteiger charge is -2.33. The van der Waals surface area contributed by atoms with Crippen molar-refractivity contribution in [2.45, 2.75) is 32.7 Å². The molecule has 1 aromatic heterocycles. The molecule has 5 nitrogen and oxygen atoms in total. The summed E-state index contributed by atoms with van der Waals surface area (Å²) in [5, 5.41) is 10.4. The fraction of sp³-hybridized carbons (Fsp3) is 0.667. The van der Waals surface area contributed by atoms with Crippen LogP contribution in [0.5, 0.6) is 0 Å². The highest BCUT2D eigenvalue weighted by molar-refractivity contribution is 9.10. The summed E-state index contributed by atoms with van der Waals surface area (Å²) in [5.74, 6) is 0.313. The fourth-order valence-corrected chi connectivity index (χ4v) is 2.95. The lowest BCUT2D eigenvalue weighted by Crippen LogP contribution is -2.52. The van der Waals surface area contributed by atoms with Crippen molar-refractivity contribution in [1.82, 2.24) is 20.4 Å². The summed E-state index contributed by atoms with van der Waals surface area (Å²) < 4.78 is 0.799. The van der Waals surface area contributed by atoms with Crippen LogP contribution in [0, 0.1) is 0 Å². The van der Waals surface area contributed by atoms with Gasteiger partial charge in [0.25, 0.3) is 5.91 Å². The zero-order chi connectivity index (χ0) is 13.3. The van der Waals surface area contributed by atoms with Gasteiger partial charge in [-0.1, -0.05) is 13.8 Å². The molecule has 1 saturated heterocycles. The first kappa shape index (κ1) is 13.5. The van der Waals surface area contributed by atoms with E-state index < -0.39 is 0 Å². The maximum atomic E-state index is 12.5. The molecule has 0 spiro atoms. The van der Waals surface area contributed by atoms with Crippen molar-refractivity contribution < 1.29 is 4.79 Å². The number of piperazine rings is 1. The van der Waals surface area contributed by atoms with E-state index in [2.05, 4.69) is 45.3 Å². The van der Waals surface area contributed by atoms with Crippen LogP contribution in [-0.4, -0.2) is 46.7 Å². The van der Waals surface area contributed by atoms with Gasteiger partial charge < -0.3 is 10.2 Å². The van der Waals surface area contributed by atoms with E-state index in [-0.39, 0.29) is 11.9 Å². The Labute approximate surface area is 115 Å². The normalized spacial score (nSPS) is 20.5. The second-order valence-corrected chi connectivity index (χ2v) is 5.80. The third-order valence-electron chi connectivity index (χ3n) is 3.27. The first-order valence-corrected chi connectivity index (χ1v) is 7.07. The Morgan fingerprint density at radius 3 is 2.83 bits per heavy atom. The Morgan fingerprint density at radius 1 is 1.56 bits per heavy atom. The van der Waals surface area contributed by atoms with Gasteiger partial charge in [0.15, 0.2) is 5.69 Å². The first-order chi connectivity index (χ1) is 8.52. The summed E-state index contributed by atoms with van der Waals surface area (Å²) in [5.41, 5.74) is 1.47. The van der Waals surface area contributed by atoms with Gasteiger partial charge in [-0.25, -0.2) is 0 Å². The maximum Gasteiger partial charge on any atom is 0.275 e. The van der Waals surface area contributed by atoms with E-state index in [1.54, 1.807) is 0 Å². The average molecular weight is 315 g/mol. The Hall–Kier alpha value is -0.880. The summed E-state index contributed by atoms with van der Waals surface area (Å²) in [6.07, 6.45) is 0. The monoisotopic (exact) mass is 314 g/mol. The number of hydrogen-bond donors (Lipinski definition) is 2. The summed E-state index contributed by atoms with van der Waals surface area (Å²) in [7, 11) is 0. The number of carbonyl (C=O) groups excluding carboxylic acids is 1. The largest absolute Gasteiger partial charge is 0.332 e. The minimum Gasteiger partial charge on any atom is -0.332 e. The van der Waals surface area contributed by atoms with Gasteiger partial charge in [0, 0.05) is 25.7 Å². The van der Waals surface area contributed by atoms with Crippen molar-refractivity contribution in [2.75, 3.05) is 19.6 Å². The number of nitrogens with one attached hydrogen (secondary N) is 2. The first-order valence-electron chi connectivity index (χ1n) is 6.27. The lowest BCUT2D eigenvalue weighted by atomic mass is 10.1. The number of H-pyrrole nitrogens is 1. The van der Waals surface area contributed by atoms with Crippen LogP contribution >= 0.6 is 15.9 Å². The molecule has 6 heteroatoms. The van der Waals surface area contributed by atoms with Crippen LogP contribution in [0.2, 0.25) is 0 Å². The summed E-state index contributed by atoms with van der Waals surface area (Å²) in [4.78, 5) is 14.3. The van der Waals surface area contributed by atoms with Crippen molar-refractivity contribution in [1.29, 1.82) is 0 Å². The number of hydrogen-bond acceptors (Lipinski definition) is 3. The van der Waals surface area contributed by atoms with E-state index >= 15 is 0 Å². The van der Waals surface area contributed by atoms with Gasteiger partial charge in [0.1, 0.15) is 0 Å². The minimum atomic E-state index is -0.000903. The summed E-state index contributed by atoms with van der Waals surface area (Å²) >= 11 is 3.48. The van der Waals surface area contributed by atoms with Crippen LogP contribution in [0.4, 0.5) is 0 Å². The Kier molecular flexibility index (Phi) is 4.07. The van der Waals surface area contributed by atoms with Crippen molar-refractivity contribution in [3.05, 3.63) is 15.9 Å². The van der Waals surface area contributed by atoms with E-state index in [4.69, 9.17) is 0 Å². The van der Waals surface area contributed by atoms with Gasteiger partial charge in [-0.3, -0.25) is 9.89 Å². The second-order valence-electron chi connectivity index (χ2n) is 5.01. The molecule has 2 rings (SSSR count). The number of rotatable bonds is 2. The Morgan fingerprint density at radius 2 is 2.28 bits per heavy atom. The van der Waals surface area contributed by atoms with Gasteiger partial charge in [0.05, 0.1) is 10.2 Å². The lowest BCUT2D eigenvalue weighted by molar-refractivity contribution is 0.0648. The van der Waals surface area contributed by atoms with E-state index in [1.165, 1.54) is 0 Å². The molecule has 1 amide bonds. The number of aromatic amines is 1. The molecule has 1 atom stereocenters. The zero-order valence-electron chi connectivity index (χ0n) is 11.0. The highest BCUT2D eigenvalue weighted by Crippen LogP contribution is 2.26. The molecule has 0 saturated carbocycles. The molecule has 2 heterocycles.